The van der Waals surface area contributed by atoms with E-state index >= 15 is 0 Å². The van der Waals surface area contributed by atoms with Gasteiger partial charge in [-0.1, -0.05) is 17.7 Å². The third kappa shape index (κ3) is 2.95. The van der Waals surface area contributed by atoms with Gasteiger partial charge in [0.2, 0.25) is 0 Å². The van der Waals surface area contributed by atoms with Gasteiger partial charge in [0.25, 0.3) is 10.0 Å². The fourth-order valence-corrected chi connectivity index (χ4v) is 4.50. The number of hydrogen-bond acceptors (Lipinski definition) is 4. The molecule has 1 heterocycles. The fraction of sp³-hybridized carbons (Fsp3) is 0.167. The molecule has 108 valence electrons. The summed E-state index contributed by atoms with van der Waals surface area (Å²) in [6.45, 7) is 1.36. The zero-order valence-electron chi connectivity index (χ0n) is 10.4. The molecule has 0 atom stereocenters. The molecule has 1 aromatic heterocycles. The molecule has 0 amide bonds. The molecule has 2 N–H and O–H groups in total. The lowest BCUT2D eigenvalue weighted by molar-refractivity contribution is 0.285. The smallest absolute Gasteiger partial charge is 0.263 e. The van der Waals surface area contributed by atoms with Gasteiger partial charge in [-0.25, -0.2) is 12.8 Å². The lowest BCUT2D eigenvalue weighted by Crippen LogP contribution is -2.14. The molecular weight excluding hydrogens is 325 g/mol. The number of thiophene rings is 1. The lowest BCUT2D eigenvalue weighted by Gasteiger charge is -2.10. The van der Waals surface area contributed by atoms with Gasteiger partial charge in [0.15, 0.2) is 0 Å². The van der Waals surface area contributed by atoms with Crippen LogP contribution < -0.4 is 4.72 Å². The second-order valence-corrected chi connectivity index (χ2v) is 7.39. The summed E-state index contributed by atoms with van der Waals surface area (Å²) >= 11 is 6.96. The third-order valence-electron chi connectivity index (χ3n) is 2.57. The zero-order chi connectivity index (χ0) is 14.9. The summed E-state index contributed by atoms with van der Waals surface area (Å²) in [5, 5.41) is 9.01. The van der Waals surface area contributed by atoms with Crippen LogP contribution in [0.15, 0.2) is 29.2 Å². The molecule has 0 saturated heterocycles. The van der Waals surface area contributed by atoms with Crippen LogP contribution in [0.25, 0.3) is 0 Å². The van der Waals surface area contributed by atoms with E-state index in [2.05, 4.69) is 4.72 Å². The molecule has 2 rings (SSSR count). The quantitative estimate of drug-likeness (QED) is 0.902. The Bertz CT molecular complexity index is 723. The Labute approximate surface area is 124 Å². The van der Waals surface area contributed by atoms with Crippen LogP contribution in [0.5, 0.6) is 0 Å². The Balaban J connectivity index is 2.43. The number of nitrogens with one attached hydrogen (secondary N) is 1. The van der Waals surface area contributed by atoms with Crippen LogP contribution in [-0.4, -0.2) is 13.5 Å². The Morgan fingerprint density at radius 1 is 1.45 bits per heavy atom. The van der Waals surface area contributed by atoms with Crippen molar-refractivity contribution in [2.45, 2.75) is 18.4 Å². The second-order valence-electron chi connectivity index (χ2n) is 3.99. The Kier molecular flexibility index (Phi) is 4.33. The molecule has 0 spiro atoms. The molecule has 0 aliphatic rings. The van der Waals surface area contributed by atoms with E-state index in [4.69, 9.17) is 16.7 Å². The van der Waals surface area contributed by atoms with Gasteiger partial charge in [-0.05, 0) is 25.1 Å². The van der Waals surface area contributed by atoms with Gasteiger partial charge in [0.1, 0.15) is 16.4 Å². The Morgan fingerprint density at radius 3 is 2.70 bits per heavy atom. The van der Waals surface area contributed by atoms with E-state index < -0.39 is 15.8 Å². The number of para-hydroxylation sites is 1. The van der Waals surface area contributed by atoms with Gasteiger partial charge in [0.05, 0.1) is 11.6 Å². The molecule has 0 aliphatic carbocycles. The number of benzene rings is 1. The molecule has 0 saturated carbocycles. The molecule has 4 nitrogen and oxygen atoms in total. The number of sulfonamides is 1. The van der Waals surface area contributed by atoms with Gasteiger partial charge < -0.3 is 5.11 Å². The summed E-state index contributed by atoms with van der Waals surface area (Å²) < 4.78 is 40.2. The average molecular weight is 336 g/mol. The maximum atomic E-state index is 13.6. The first-order valence-electron chi connectivity index (χ1n) is 5.52. The van der Waals surface area contributed by atoms with Crippen LogP contribution in [-0.2, 0) is 16.6 Å². The standard InChI is InChI=1S/C12H11ClFNO3S2/c1-7-11(5-8(6-16)19-7)20(17,18)15-12-9(13)3-2-4-10(12)14/h2-5,15-16H,6H2,1H3. The molecule has 0 aliphatic heterocycles. The van der Waals surface area contributed by atoms with Crippen molar-refractivity contribution < 1.29 is 17.9 Å². The van der Waals surface area contributed by atoms with Gasteiger partial charge in [0, 0.05) is 9.75 Å². The van der Waals surface area contributed by atoms with Crippen molar-refractivity contribution >= 4 is 38.6 Å². The van der Waals surface area contributed by atoms with E-state index in [1.54, 1.807) is 6.92 Å². The Hall–Kier alpha value is -1.15. The van der Waals surface area contributed by atoms with Crippen molar-refractivity contribution in [2.75, 3.05) is 4.72 Å². The predicted molar refractivity (Wildman–Crippen MR) is 77.2 cm³/mol. The van der Waals surface area contributed by atoms with Crippen LogP contribution in [0.3, 0.4) is 0 Å². The normalized spacial score (nSPS) is 11.6. The summed E-state index contributed by atoms with van der Waals surface area (Å²) in [6, 6.07) is 5.25. The van der Waals surface area contributed by atoms with Crippen molar-refractivity contribution in [3.8, 4) is 0 Å². The minimum absolute atomic E-state index is 0.00543. The van der Waals surface area contributed by atoms with Gasteiger partial charge in [-0.15, -0.1) is 11.3 Å². The predicted octanol–water partition coefficient (Wildman–Crippen LogP) is 3.14. The molecule has 2 aromatic rings. The summed E-state index contributed by atoms with van der Waals surface area (Å²) in [4.78, 5) is 1.03. The highest BCUT2D eigenvalue weighted by molar-refractivity contribution is 7.93. The van der Waals surface area contributed by atoms with Crippen LogP contribution in [0.1, 0.15) is 9.75 Å². The lowest BCUT2D eigenvalue weighted by atomic mass is 10.3. The number of anilines is 1. The monoisotopic (exact) mass is 335 g/mol. The largest absolute Gasteiger partial charge is 0.391 e. The van der Waals surface area contributed by atoms with Gasteiger partial charge in [-0.2, -0.15) is 0 Å². The van der Waals surface area contributed by atoms with Crippen molar-refractivity contribution in [3.63, 3.8) is 0 Å². The molecule has 0 unspecified atom stereocenters. The van der Waals surface area contributed by atoms with Crippen molar-refractivity contribution in [1.82, 2.24) is 0 Å². The van der Waals surface area contributed by atoms with E-state index in [0.717, 1.165) is 17.4 Å². The first-order valence-corrected chi connectivity index (χ1v) is 8.20. The molecule has 0 bridgehead atoms. The topological polar surface area (TPSA) is 66.4 Å². The zero-order valence-corrected chi connectivity index (χ0v) is 12.7. The number of rotatable bonds is 4. The molecule has 0 fully saturated rings. The van der Waals surface area contributed by atoms with Crippen molar-refractivity contribution in [3.05, 3.63) is 44.9 Å². The summed E-state index contributed by atoms with van der Waals surface area (Å²) in [6.07, 6.45) is 0. The fourth-order valence-electron chi connectivity index (χ4n) is 1.65. The molecule has 0 radical (unpaired) electrons. The summed E-state index contributed by atoms with van der Waals surface area (Å²) in [5.41, 5.74) is -0.287. The molecule has 8 heteroatoms. The molecule has 1 aromatic carbocycles. The highest BCUT2D eigenvalue weighted by Gasteiger charge is 2.22. The minimum Gasteiger partial charge on any atom is -0.391 e. The second kappa shape index (κ2) is 5.69. The van der Waals surface area contributed by atoms with Crippen LogP contribution >= 0.6 is 22.9 Å². The van der Waals surface area contributed by atoms with Crippen LogP contribution in [0.4, 0.5) is 10.1 Å². The van der Waals surface area contributed by atoms with E-state index in [9.17, 15) is 12.8 Å². The number of aliphatic hydroxyl groups is 1. The SMILES string of the molecule is Cc1sc(CO)cc1S(=O)(=O)Nc1c(F)cccc1Cl. The van der Waals surface area contributed by atoms with E-state index in [0.29, 0.717) is 9.75 Å². The van der Waals surface area contributed by atoms with E-state index in [1.165, 1.54) is 18.2 Å². The van der Waals surface area contributed by atoms with Crippen molar-refractivity contribution in [1.29, 1.82) is 0 Å². The number of halogens is 2. The minimum atomic E-state index is -3.95. The summed E-state index contributed by atoms with van der Waals surface area (Å²) in [5.74, 6) is -0.753. The van der Waals surface area contributed by atoms with Gasteiger partial charge in [-0.3, -0.25) is 4.72 Å². The third-order valence-corrected chi connectivity index (χ3v) is 5.52. The van der Waals surface area contributed by atoms with Crippen LogP contribution in [0.2, 0.25) is 5.02 Å². The molecule has 20 heavy (non-hydrogen) atoms. The number of aliphatic hydroxyl groups excluding tert-OH is 1. The van der Waals surface area contributed by atoms with Crippen LogP contribution in [0, 0.1) is 12.7 Å². The highest BCUT2D eigenvalue weighted by Crippen LogP contribution is 2.31. The average Bonchev–Trinajstić information content (AvgIpc) is 2.76. The summed E-state index contributed by atoms with van der Waals surface area (Å²) in [7, 11) is -3.95. The highest BCUT2D eigenvalue weighted by atomic mass is 35.5. The maximum absolute atomic E-state index is 13.6. The van der Waals surface area contributed by atoms with E-state index in [-0.39, 0.29) is 22.2 Å². The first-order chi connectivity index (χ1) is 9.35. The maximum Gasteiger partial charge on any atom is 0.263 e. The van der Waals surface area contributed by atoms with Gasteiger partial charge >= 0.3 is 0 Å². The number of hydrogen-bond donors (Lipinski definition) is 2. The van der Waals surface area contributed by atoms with Crippen molar-refractivity contribution in [2.24, 2.45) is 0 Å². The molecular formula is C12H11ClFNO3S2. The number of aryl methyl sites for hydroxylation is 1. The van der Waals surface area contributed by atoms with E-state index in [1.807, 2.05) is 0 Å². The first kappa shape index (κ1) is 15.2. The Morgan fingerprint density at radius 2 is 2.15 bits per heavy atom.